The number of hydrogen-bond acceptors (Lipinski definition) is 6. The highest BCUT2D eigenvalue weighted by atomic mass is 32.2. The fraction of sp³-hybridized carbons (Fsp3) is 0.737. The third kappa shape index (κ3) is 7.91. The van der Waals surface area contributed by atoms with E-state index < -0.39 is 39.6 Å². The number of piperidine rings is 1. The Labute approximate surface area is 164 Å². The van der Waals surface area contributed by atoms with Gasteiger partial charge in [0, 0.05) is 30.2 Å². The van der Waals surface area contributed by atoms with Crippen molar-refractivity contribution in [2.45, 2.75) is 77.7 Å². The minimum absolute atomic E-state index is 0.0308. The molecule has 0 aromatic heterocycles. The smallest absolute Gasteiger partial charge is 0.417 e. The van der Waals surface area contributed by atoms with Gasteiger partial charge in [0.1, 0.15) is 22.2 Å². The lowest BCUT2D eigenvalue weighted by Crippen LogP contribution is -2.49. The summed E-state index contributed by atoms with van der Waals surface area (Å²) < 4.78 is 19.8. The summed E-state index contributed by atoms with van der Waals surface area (Å²) in [6, 6.07) is -0.313. The second-order valence-electron chi connectivity index (χ2n) is 8.57. The van der Waals surface area contributed by atoms with Gasteiger partial charge in [-0.25, -0.2) is 9.69 Å². The van der Waals surface area contributed by atoms with Crippen LogP contribution in [-0.4, -0.2) is 50.2 Å². The second-order valence-corrected chi connectivity index (χ2v) is 10.6. The first-order chi connectivity index (χ1) is 12.2. The average molecular weight is 399 g/mol. The Bertz CT molecular complexity index is 639. The zero-order chi connectivity index (χ0) is 21.0. The van der Waals surface area contributed by atoms with Gasteiger partial charge in [-0.05, 0) is 48.5 Å². The molecular formula is C19H30N2O5S. The highest BCUT2D eigenvalue weighted by Gasteiger charge is 2.37. The normalized spacial score (nSPS) is 20.6. The quantitative estimate of drug-likeness (QED) is 0.444. The van der Waals surface area contributed by atoms with E-state index >= 15 is 0 Å². The molecule has 2 unspecified atom stereocenters. The van der Waals surface area contributed by atoms with Gasteiger partial charge in [0.25, 0.3) is 0 Å². The van der Waals surface area contributed by atoms with E-state index in [0.29, 0.717) is 0 Å². The number of carbonyl (C=O) groups excluding carboxylic acids is 3. The Morgan fingerprint density at radius 2 is 1.93 bits per heavy atom. The third-order valence-corrected chi connectivity index (χ3v) is 5.29. The molecule has 7 nitrogen and oxygen atoms in total. The average Bonchev–Trinajstić information content (AvgIpc) is 2.46. The first-order valence-electron chi connectivity index (χ1n) is 8.93. The SMILES string of the molecule is C[C@H](C#CCC1CN(C(=O)OC(C)(C)C)C(=O)CC1=O)N[S+]([O-])C(C)(C)C. The number of imide groups is 1. The molecule has 8 heteroatoms. The maximum atomic E-state index is 12.2. The molecule has 1 fully saturated rings. The van der Waals surface area contributed by atoms with Crippen molar-refractivity contribution in [3.63, 3.8) is 0 Å². The highest BCUT2D eigenvalue weighted by Crippen LogP contribution is 2.20. The summed E-state index contributed by atoms with van der Waals surface area (Å²) in [5.74, 6) is 4.51. The van der Waals surface area contributed by atoms with Crippen LogP contribution in [0.15, 0.2) is 0 Å². The molecule has 0 bridgehead atoms. The molecule has 0 aromatic carbocycles. The number of nitrogens with zero attached hydrogens (tertiary/aromatic N) is 1. The van der Waals surface area contributed by atoms with E-state index in [4.69, 9.17) is 4.74 Å². The van der Waals surface area contributed by atoms with Crippen LogP contribution in [0.1, 0.15) is 61.3 Å². The molecule has 0 aromatic rings. The Hall–Kier alpha value is -1.56. The first-order valence-corrected chi connectivity index (χ1v) is 10.1. The van der Waals surface area contributed by atoms with Gasteiger partial charge in [-0.3, -0.25) is 9.59 Å². The lowest BCUT2D eigenvalue weighted by atomic mass is 9.93. The summed E-state index contributed by atoms with van der Waals surface area (Å²) in [7, 11) is 0. The molecule has 1 saturated heterocycles. The molecular weight excluding hydrogens is 368 g/mol. The van der Waals surface area contributed by atoms with Crippen molar-refractivity contribution in [2.75, 3.05) is 6.54 Å². The van der Waals surface area contributed by atoms with Crippen LogP contribution in [0.25, 0.3) is 0 Å². The van der Waals surface area contributed by atoms with Crippen molar-refractivity contribution >= 4 is 29.1 Å². The number of carbonyl (C=O) groups is 3. The molecule has 0 aliphatic carbocycles. The number of nitrogens with one attached hydrogen (secondary N) is 1. The number of amides is 2. The lowest BCUT2D eigenvalue weighted by molar-refractivity contribution is -0.141. The van der Waals surface area contributed by atoms with Gasteiger partial charge < -0.3 is 9.29 Å². The van der Waals surface area contributed by atoms with Crippen LogP contribution in [0.5, 0.6) is 0 Å². The monoisotopic (exact) mass is 398 g/mol. The molecule has 1 aliphatic rings. The molecule has 152 valence electrons. The molecule has 1 rings (SSSR count). The van der Waals surface area contributed by atoms with Crippen LogP contribution in [0.2, 0.25) is 0 Å². The van der Waals surface area contributed by atoms with E-state index in [9.17, 15) is 18.9 Å². The Morgan fingerprint density at radius 1 is 1.33 bits per heavy atom. The van der Waals surface area contributed by atoms with Gasteiger partial charge in [0.2, 0.25) is 5.91 Å². The summed E-state index contributed by atoms with van der Waals surface area (Å²) in [5, 5.41) is 0. The van der Waals surface area contributed by atoms with Crippen LogP contribution in [-0.2, 0) is 25.7 Å². The van der Waals surface area contributed by atoms with E-state index in [1.165, 1.54) is 0 Å². The van der Waals surface area contributed by atoms with E-state index in [-0.39, 0.29) is 31.2 Å². The van der Waals surface area contributed by atoms with Gasteiger partial charge in [-0.15, -0.1) is 10.6 Å². The number of hydrogen-bond donors (Lipinski definition) is 1. The largest absolute Gasteiger partial charge is 0.598 e. The molecule has 0 spiro atoms. The van der Waals surface area contributed by atoms with Gasteiger partial charge in [0.15, 0.2) is 0 Å². The topological polar surface area (TPSA) is 98.8 Å². The maximum Gasteiger partial charge on any atom is 0.417 e. The molecule has 1 heterocycles. The number of ether oxygens (including phenoxy) is 1. The maximum absolute atomic E-state index is 12.2. The molecule has 27 heavy (non-hydrogen) atoms. The van der Waals surface area contributed by atoms with Crippen molar-refractivity contribution < 1.29 is 23.7 Å². The van der Waals surface area contributed by atoms with Crippen LogP contribution < -0.4 is 4.72 Å². The predicted octanol–water partition coefficient (Wildman–Crippen LogP) is 2.17. The van der Waals surface area contributed by atoms with Crippen LogP contribution in [0.4, 0.5) is 4.79 Å². The standard InChI is InChI=1S/C19H30N2O5S/c1-13(20-27(25)19(5,6)7)9-8-10-14-12-21(16(23)11-15(14)22)17(24)26-18(2,3)4/h13-14,20H,10-12H2,1-7H3/t13-,14?,27?/m1/s1. The highest BCUT2D eigenvalue weighted by molar-refractivity contribution is 7.90. The fourth-order valence-corrected chi connectivity index (χ4v) is 2.92. The molecule has 0 radical (unpaired) electrons. The molecule has 1 N–H and O–H groups in total. The molecule has 2 amide bonds. The van der Waals surface area contributed by atoms with E-state index in [0.717, 1.165) is 4.90 Å². The van der Waals surface area contributed by atoms with Gasteiger partial charge in [0.05, 0.1) is 6.42 Å². The number of Topliss-reactive ketones (excluding diaryl/α,β-unsaturated/α-hetero) is 1. The number of ketones is 1. The number of likely N-dealkylation sites (tertiary alicyclic amines) is 1. The van der Waals surface area contributed by atoms with Crippen molar-refractivity contribution in [1.82, 2.24) is 9.62 Å². The minimum Gasteiger partial charge on any atom is -0.598 e. The lowest BCUT2D eigenvalue weighted by Gasteiger charge is -2.31. The number of rotatable bonds is 3. The summed E-state index contributed by atoms with van der Waals surface area (Å²) in [6.45, 7) is 12.5. The second kappa shape index (κ2) is 9.09. The van der Waals surface area contributed by atoms with Crippen LogP contribution >= 0.6 is 0 Å². The fourth-order valence-electron chi connectivity index (χ4n) is 2.19. The van der Waals surface area contributed by atoms with Crippen molar-refractivity contribution in [1.29, 1.82) is 0 Å². The molecule has 0 saturated carbocycles. The zero-order valence-electron chi connectivity index (χ0n) is 17.2. The predicted molar refractivity (Wildman–Crippen MR) is 104 cm³/mol. The minimum atomic E-state index is -1.24. The van der Waals surface area contributed by atoms with Crippen molar-refractivity contribution in [3.05, 3.63) is 0 Å². The zero-order valence-corrected chi connectivity index (χ0v) is 18.0. The molecule has 3 atom stereocenters. The summed E-state index contributed by atoms with van der Waals surface area (Å²) in [5.41, 5.74) is -0.724. The van der Waals surface area contributed by atoms with E-state index in [1.54, 1.807) is 27.7 Å². The summed E-state index contributed by atoms with van der Waals surface area (Å²) >= 11 is -1.24. The van der Waals surface area contributed by atoms with Crippen LogP contribution in [0.3, 0.4) is 0 Å². The summed E-state index contributed by atoms with van der Waals surface area (Å²) in [4.78, 5) is 37.3. The Morgan fingerprint density at radius 3 is 2.44 bits per heavy atom. The van der Waals surface area contributed by atoms with Crippen molar-refractivity contribution in [3.8, 4) is 11.8 Å². The van der Waals surface area contributed by atoms with E-state index in [1.807, 2.05) is 20.8 Å². The van der Waals surface area contributed by atoms with E-state index in [2.05, 4.69) is 16.6 Å². The third-order valence-electron chi connectivity index (χ3n) is 3.61. The van der Waals surface area contributed by atoms with Gasteiger partial charge in [-0.1, -0.05) is 5.92 Å². The summed E-state index contributed by atoms with van der Waals surface area (Å²) in [6.07, 6.45) is -0.846. The Balaban J connectivity index is 2.68. The van der Waals surface area contributed by atoms with Crippen LogP contribution in [0, 0.1) is 17.8 Å². The molecule has 1 aliphatic heterocycles. The first kappa shape index (κ1) is 23.5. The van der Waals surface area contributed by atoms with Gasteiger partial charge >= 0.3 is 6.09 Å². The van der Waals surface area contributed by atoms with Crippen molar-refractivity contribution in [2.24, 2.45) is 5.92 Å². The Kier molecular flexibility index (Phi) is 7.90. The van der Waals surface area contributed by atoms with Gasteiger partial charge in [-0.2, -0.15) is 0 Å².